The second kappa shape index (κ2) is 8.00. The van der Waals surface area contributed by atoms with E-state index in [-0.39, 0.29) is 0 Å². The van der Waals surface area contributed by atoms with Crippen molar-refractivity contribution >= 4 is 28.3 Å². The first kappa shape index (κ1) is 19.2. The van der Waals surface area contributed by atoms with Crippen LogP contribution in [0.5, 0.6) is 17.2 Å². The van der Waals surface area contributed by atoms with Crippen molar-refractivity contribution in [3.05, 3.63) is 60.2 Å². The Bertz CT molecular complexity index is 1020. The average molecular weight is 379 g/mol. The Morgan fingerprint density at radius 1 is 0.821 bits per heavy atom. The largest absolute Gasteiger partial charge is 0.497 e. The SMILES string of the molecule is COc1cc(OC)cc(N(C(C)=O)C(=O)c2c(OC)ccc3ccccc23)c1. The molecule has 144 valence electrons. The minimum atomic E-state index is -0.489. The number of ether oxygens (including phenoxy) is 3. The molecule has 0 atom stereocenters. The Morgan fingerprint density at radius 2 is 1.46 bits per heavy atom. The second-order valence-electron chi connectivity index (χ2n) is 6.09. The first-order valence-electron chi connectivity index (χ1n) is 8.64. The van der Waals surface area contributed by atoms with E-state index in [1.165, 1.54) is 28.3 Å². The fourth-order valence-corrected chi connectivity index (χ4v) is 3.12. The summed E-state index contributed by atoms with van der Waals surface area (Å²) in [5.41, 5.74) is 0.668. The van der Waals surface area contributed by atoms with Crippen LogP contribution in [0.2, 0.25) is 0 Å². The van der Waals surface area contributed by atoms with Gasteiger partial charge in [-0.2, -0.15) is 0 Å². The van der Waals surface area contributed by atoms with Crippen molar-refractivity contribution in [2.75, 3.05) is 26.2 Å². The van der Waals surface area contributed by atoms with Gasteiger partial charge in [-0.05, 0) is 16.8 Å². The predicted octanol–water partition coefficient (Wildman–Crippen LogP) is 4.06. The Hall–Kier alpha value is -3.54. The molecule has 3 aromatic carbocycles. The van der Waals surface area contributed by atoms with Gasteiger partial charge in [0.1, 0.15) is 17.2 Å². The molecular weight excluding hydrogens is 358 g/mol. The number of nitrogens with zero attached hydrogens (tertiary/aromatic N) is 1. The summed E-state index contributed by atoms with van der Waals surface area (Å²) in [4.78, 5) is 27.1. The zero-order valence-corrected chi connectivity index (χ0v) is 16.2. The molecule has 0 aliphatic heterocycles. The summed E-state index contributed by atoms with van der Waals surface area (Å²) in [5, 5.41) is 1.58. The van der Waals surface area contributed by atoms with Crippen molar-refractivity contribution < 1.29 is 23.8 Å². The Labute approximate surface area is 163 Å². The molecule has 0 radical (unpaired) electrons. The van der Waals surface area contributed by atoms with E-state index in [4.69, 9.17) is 14.2 Å². The fraction of sp³-hybridized carbons (Fsp3) is 0.182. The van der Waals surface area contributed by atoms with E-state index in [1.54, 1.807) is 24.3 Å². The highest BCUT2D eigenvalue weighted by Crippen LogP contribution is 2.33. The summed E-state index contributed by atoms with van der Waals surface area (Å²) in [6.45, 7) is 1.33. The van der Waals surface area contributed by atoms with Crippen LogP contribution < -0.4 is 19.1 Å². The first-order chi connectivity index (χ1) is 13.5. The van der Waals surface area contributed by atoms with Gasteiger partial charge in [-0.25, -0.2) is 4.90 Å². The Balaban J connectivity index is 2.21. The Morgan fingerprint density at radius 3 is 2.04 bits per heavy atom. The molecule has 0 bridgehead atoms. The quantitative estimate of drug-likeness (QED) is 0.669. The number of anilines is 1. The van der Waals surface area contributed by atoms with E-state index < -0.39 is 11.8 Å². The zero-order valence-electron chi connectivity index (χ0n) is 16.2. The van der Waals surface area contributed by atoms with Gasteiger partial charge in [0, 0.05) is 25.1 Å². The monoisotopic (exact) mass is 379 g/mol. The number of methoxy groups -OCH3 is 3. The van der Waals surface area contributed by atoms with E-state index in [9.17, 15) is 9.59 Å². The molecule has 0 aliphatic carbocycles. The summed E-state index contributed by atoms with van der Waals surface area (Å²) in [5.74, 6) is 0.410. The summed E-state index contributed by atoms with van der Waals surface area (Å²) in [6, 6.07) is 15.9. The maximum Gasteiger partial charge on any atom is 0.269 e. The van der Waals surface area contributed by atoms with Crippen molar-refractivity contribution in [1.29, 1.82) is 0 Å². The van der Waals surface area contributed by atoms with E-state index >= 15 is 0 Å². The molecular formula is C22H21NO5. The molecule has 0 heterocycles. The topological polar surface area (TPSA) is 65.1 Å². The van der Waals surface area contributed by atoms with Gasteiger partial charge in [0.05, 0.1) is 32.6 Å². The highest BCUT2D eigenvalue weighted by atomic mass is 16.5. The number of carbonyl (C=O) groups is 2. The summed E-state index contributed by atoms with van der Waals surface area (Å²) in [7, 11) is 4.51. The molecule has 6 nitrogen and oxygen atoms in total. The van der Waals surface area contributed by atoms with Crippen molar-refractivity contribution in [2.45, 2.75) is 6.92 Å². The van der Waals surface area contributed by atoms with Crippen LogP contribution in [0.15, 0.2) is 54.6 Å². The first-order valence-corrected chi connectivity index (χ1v) is 8.64. The molecule has 0 saturated heterocycles. The molecule has 6 heteroatoms. The van der Waals surface area contributed by atoms with Crippen LogP contribution in [0, 0.1) is 0 Å². The van der Waals surface area contributed by atoms with Crippen LogP contribution in [-0.4, -0.2) is 33.1 Å². The number of hydrogen-bond acceptors (Lipinski definition) is 5. The van der Waals surface area contributed by atoms with Crippen molar-refractivity contribution in [2.24, 2.45) is 0 Å². The lowest BCUT2D eigenvalue weighted by molar-refractivity contribution is -0.115. The van der Waals surface area contributed by atoms with Crippen LogP contribution in [0.25, 0.3) is 10.8 Å². The van der Waals surface area contributed by atoms with E-state index in [0.717, 1.165) is 10.3 Å². The fourth-order valence-electron chi connectivity index (χ4n) is 3.12. The molecule has 0 fully saturated rings. The molecule has 0 saturated carbocycles. The smallest absolute Gasteiger partial charge is 0.269 e. The lowest BCUT2D eigenvalue weighted by atomic mass is 10.0. The minimum Gasteiger partial charge on any atom is -0.497 e. The molecule has 0 spiro atoms. The lowest BCUT2D eigenvalue weighted by Gasteiger charge is -2.22. The average Bonchev–Trinajstić information content (AvgIpc) is 2.72. The van der Waals surface area contributed by atoms with Gasteiger partial charge in [0.2, 0.25) is 5.91 Å². The highest BCUT2D eigenvalue weighted by molar-refractivity contribution is 6.25. The third kappa shape index (κ3) is 3.49. The van der Waals surface area contributed by atoms with Crippen LogP contribution in [0.4, 0.5) is 5.69 Å². The zero-order chi connectivity index (χ0) is 20.3. The molecule has 0 aromatic heterocycles. The molecule has 0 unspecified atom stereocenters. The maximum absolute atomic E-state index is 13.5. The van der Waals surface area contributed by atoms with Gasteiger partial charge >= 0.3 is 0 Å². The second-order valence-corrected chi connectivity index (χ2v) is 6.09. The van der Waals surface area contributed by atoms with Gasteiger partial charge in [0.15, 0.2) is 0 Å². The van der Waals surface area contributed by atoms with Crippen molar-refractivity contribution in [3.8, 4) is 17.2 Å². The predicted molar refractivity (Wildman–Crippen MR) is 108 cm³/mol. The van der Waals surface area contributed by atoms with Crippen LogP contribution in [0.1, 0.15) is 17.3 Å². The van der Waals surface area contributed by atoms with Gasteiger partial charge < -0.3 is 14.2 Å². The standard InChI is InChI=1S/C22H21NO5/c1-14(24)23(16-11-17(26-2)13-18(12-16)27-3)22(25)21-19-8-6-5-7-15(19)9-10-20(21)28-4/h5-13H,1-4H3. The minimum absolute atomic E-state index is 0.317. The number of benzene rings is 3. The molecule has 0 N–H and O–H groups in total. The van der Waals surface area contributed by atoms with E-state index in [0.29, 0.717) is 33.9 Å². The van der Waals surface area contributed by atoms with Crippen LogP contribution in [-0.2, 0) is 4.79 Å². The van der Waals surface area contributed by atoms with Crippen molar-refractivity contribution in [3.63, 3.8) is 0 Å². The summed E-state index contributed by atoms with van der Waals surface area (Å²) < 4.78 is 16.0. The Kier molecular flexibility index (Phi) is 5.49. The number of carbonyl (C=O) groups excluding carboxylic acids is 2. The van der Waals surface area contributed by atoms with Crippen molar-refractivity contribution in [1.82, 2.24) is 0 Å². The molecule has 2 amide bonds. The van der Waals surface area contributed by atoms with Gasteiger partial charge in [-0.3, -0.25) is 9.59 Å². The third-order valence-electron chi connectivity index (χ3n) is 4.44. The number of imide groups is 1. The number of amides is 2. The number of fused-ring (bicyclic) bond motifs is 1. The lowest BCUT2D eigenvalue weighted by Crippen LogP contribution is -2.35. The normalized spacial score (nSPS) is 10.4. The summed E-state index contributed by atoms with van der Waals surface area (Å²) >= 11 is 0. The van der Waals surface area contributed by atoms with E-state index in [1.807, 2.05) is 30.3 Å². The van der Waals surface area contributed by atoms with Gasteiger partial charge in [0.25, 0.3) is 5.91 Å². The number of rotatable bonds is 5. The third-order valence-corrected chi connectivity index (χ3v) is 4.44. The van der Waals surface area contributed by atoms with Crippen LogP contribution in [0.3, 0.4) is 0 Å². The van der Waals surface area contributed by atoms with E-state index in [2.05, 4.69) is 0 Å². The molecule has 0 aliphatic rings. The van der Waals surface area contributed by atoms with Crippen LogP contribution >= 0.6 is 0 Å². The summed E-state index contributed by atoms with van der Waals surface area (Å²) in [6.07, 6.45) is 0. The number of hydrogen-bond donors (Lipinski definition) is 0. The maximum atomic E-state index is 13.5. The highest BCUT2D eigenvalue weighted by Gasteiger charge is 2.27. The molecule has 3 rings (SSSR count). The van der Waals surface area contributed by atoms with Gasteiger partial charge in [-0.15, -0.1) is 0 Å². The molecule has 3 aromatic rings. The van der Waals surface area contributed by atoms with Gasteiger partial charge in [-0.1, -0.05) is 30.3 Å². The molecule has 28 heavy (non-hydrogen) atoms.